The van der Waals surface area contributed by atoms with Crippen molar-refractivity contribution < 1.29 is 0 Å². The van der Waals surface area contributed by atoms with Crippen LogP contribution in [0.4, 0.5) is 17.1 Å². The van der Waals surface area contributed by atoms with Crippen LogP contribution < -0.4 is 21.1 Å². The minimum Gasteiger partial charge on any atom is -0.386 e. The van der Waals surface area contributed by atoms with Crippen LogP contribution in [0.25, 0.3) is 0 Å². The lowest BCUT2D eigenvalue weighted by molar-refractivity contribution is 0.253. The maximum absolute atomic E-state index is 6.25. The van der Waals surface area contributed by atoms with Gasteiger partial charge in [-0.15, -0.1) is 0 Å². The van der Waals surface area contributed by atoms with Gasteiger partial charge in [0.25, 0.3) is 0 Å². The molecule has 1 saturated heterocycles. The second-order valence-electron chi connectivity index (χ2n) is 6.98. The lowest BCUT2D eigenvalue weighted by atomic mass is 10.2. The van der Waals surface area contributed by atoms with Crippen molar-refractivity contribution in [3.63, 3.8) is 0 Å². The topological polar surface area (TPSA) is 47.8 Å². The lowest BCUT2D eigenvalue weighted by Crippen LogP contribution is -2.46. The van der Waals surface area contributed by atoms with Gasteiger partial charge in [0.2, 0.25) is 0 Å². The molecule has 0 spiro atoms. The lowest BCUT2D eigenvalue weighted by Gasteiger charge is -2.36. The van der Waals surface area contributed by atoms with E-state index in [0.717, 1.165) is 68.5 Å². The summed E-state index contributed by atoms with van der Waals surface area (Å²) < 4.78 is 0. The Morgan fingerprint density at radius 2 is 1.81 bits per heavy atom. The van der Waals surface area contributed by atoms with Gasteiger partial charge in [-0.3, -0.25) is 4.90 Å². The van der Waals surface area contributed by atoms with E-state index < -0.39 is 0 Å². The first-order valence-corrected chi connectivity index (χ1v) is 10.1. The van der Waals surface area contributed by atoms with Crippen molar-refractivity contribution in [1.29, 1.82) is 0 Å². The predicted molar refractivity (Wildman–Crippen MR) is 117 cm³/mol. The molecule has 0 unspecified atom stereocenters. The summed E-state index contributed by atoms with van der Waals surface area (Å²) in [7, 11) is 1.93. The van der Waals surface area contributed by atoms with Crippen molar-refractivity contribution in [3.05, 3.63) is 53.6 Å². The zero-order valence-corrected chi connectivity index (χ0v) is 16.8. The van der Waals surface area contributed by atoms with Crippen molar-refractivity contribution in [1.82, 2.24) is 4.90 Å². The maximum Gasteiger partial charge on any atom is 0.0748 e. The molecule has 0 amide bonds. The molecule has 0 radical (unpaired) electrons. The minimum absolute atomic E-state index is 0.807. The molecule has 1 fully saturated rings. The number of anilines is 3. The van der Waals surface area contributed by atoms with Crippen LogP contribution in [-0.4, -0.2) is 51.2 Å². The van der Waals surface area contributed by atoms with E-state index in [1.165, 1.54) is 5.69 Å². The van der Waals surface area contributed by atoms with Gasteiger partial charge in [0, 0.05) is 50.5 Å². The molecule has 1 aliphatic heterocycles. The predicted octanol–water partition coefficient (Wildman–Crippen LogP) is 3.66. The number of hydrazine groups is 1. The molecular weight excluding hydrogens is 358 g/mol. The number of piperazine rings is 1. The summed E-state index contributed by atoms with van der Waals surface area (Å²) in [6.45, 7) is 6.30. The summed E-state index contributed by atoms with van der Waals surface area (Å²) in [5.41, 5.74) is 3.34. The molecule has 0 bridgehead atoms. The van der Waals surface area contributed by atoms with Crippen molar-refractivity contribution in [2.75, 3.05) is 61.5 Å². The monoisotopic (exact) mass is 387 g/mol. The third-order valence-corrected chi connectivity index (χ3v) is 5.39. The van der Waals surface area contributed by atoms with E-state index in [9.17, 15) is 0 Å². The first kappa shape index (κ1) is 19.8. The number of rotatable bonds is 8. The van der Waals surface area contributed by atoms with Crippen molar-refractivity contribution in [2.24, 2.45) is 5.84 Å². The molecule has 2 aromatic rings. The Morgan fingerprint density at radius 1 is 1.04 bits per heavy atom. The van der Waals surface area contributed by atoms with Crippen LogP contribution in [0.2, 0.25) is 5.02 Å². The summed E-state index contributed by atoms with van der Waals surface area (Å²) in [5.74, 6) is 6.25. The van der Waals surface area contributed by atoms with E-state index in [2.05, 4.69) is 39.4 Å². The molecule has 1 heterocycles. The number of halogens is 1. The standard InChI is InChI=1S/C21H30ClN5/c1-24-20-9-2-3-10-21(20)27(23)12-5-4-11-25-13-15-26(16-14-25)19-8-6-7-18(22)17-19/h2-3,6-10,17,24H,4-5,11-16,23H2,1H3. The van der Waals surface area contributed by atoms with Gasteiger partial charge in [-0.25, -0.2) is 5.84 Å². The Labute approximate surface area is 167 Å². The normalized spacial score (nSPS) is 15.0. The number of unbranched alkanes of at least 4 members (excludes halogenated alkanes) is 1. The average Bonchev–Trinajstić information content (AvgIpc) is 2.71. The quantitative estimate of drug-likeness (QED) is 0.411. The van der Waals surface area contributed by atoms with Crippen LogP contribution in [0.5, 0.6) is 0 Å². The molecule has 2 aromatic carbocycles. The number of nitrogens with two attached hydrogens (primary N) is 1. The molecular formula is C21H30ClN5. The zero-order chi connectivity index (χ0) is 19.1. The van der Waals surface area contributed by atoms with E-state index in [-0.39, 0.29) is 0 Å². The van der Waals surface area contributed by atoms with Gasteiger partial charge in [0.15, 0.2) is 0 Å². The maximum atomic E-state index is 6.25. The molecule has 0 aliphatic carbocycles. The van der Waals surface area contributed by atoms with E-state index in [1.54, 1.807) is 0 Å². The summed E-state index contributed by atoms with van der Waals surface area (Å²) in [5, 5.41) is 5.85. The Kier molecular flexibility index (Phi) is 7.21. The Bertz CT molecular complexity index is 715. The van der Waals surface area contributed by atoms with Crippen LogP contribution in [0.15, 0.2) is 48.5 Å². The highest BCUT2D eigenvalue weighted by Gasteiger charge is 2.17. The fourth-order valence-corrected chi connectivity index (χ4v) is 3.76. The van der Waals surface area contributed by atoms with Crippen LogP contribution in [0, 0.1) is 0 Å². The SMILES string of the molecule is CNc1ccccc1N(N)CCCCN1CCN(c2cccc(Cl)c2)CC1. The van der Waals surface area contributed by atoms with Crippen molar-refractivity contribution in [2.45, 2.75) is 12.8 Å². The largest absolute Gasteiger partial charge is 0.386 e. The zero-order valence-electron chi connectivity index (χ0n) is 16.1. The number of para-hydroxylation sites is 2. The highest BCUT2D eigenvalue weighted by molar-refractivity contribution is 6.30. The summed E-state index contributed by atoms with van der Waals surface area (Å²) in [4.78, 5) is 4.96. The number of hydrogen-bond acceptors (Lipinski definition) is 5. The first-order chi connectivity index (χ1) is 13.2. The van der Waals surface area contributed by atoms with Crippen molar-refractivity contribution in [3.8, 4) is 0 Å². The molecule has 3 N–H and O–H groups in total. The summed E-state index contributed by atoms with van der Waals surface area (Å²) >= 11 is 6.11. The molecule has 1 aliphatic rings. The molecule has 0 saturated carbocycles. The third-order valence-electron chi connectivity index (χ3n) is 5.15. The second kappa shape index (κ2) is 9.83. The van der Waals surface area contributed by atoms with E-state index >= 15 is 0 Å². The molecule has 3 rings (SSSR count). The van der Waals surface area contributed by atoms with E-state index in [1.807, 2.05) is 36.3 Å². The van der Waals surface area contributed by atoms with Crippen molar-refractivity contribution >= 4 is 28.7 Å². The molecule has 5 nitrogen and oxygen atoms in total. The van der Waals surface area contributed by atoms with Gasteiger partial charge < -0.3 is 15.2 Å². The van der Waals surface area contributed by atoms with Gasteiger partial charge >= 0.3 is 0 Å². The second-order valence-corrected chi connectivity index (χ2v) is 7.41. The number of nitrogens with one attached hydrogen (secondary N) is 1. The van der Waals surface area contributed by atoms with Gasteiger partial charge in [0.1, 0.15) is 0 Å². The van der Waals surface area contributed by atoms with Gasteiger partial charge in [0.05, 0.1) is 11.4 Å². The van der Waals surface area contributed by atoms with E-state index in [0.29, 0.717) is 0 Å². The van der Waals surface area contributed by atoms with Gasteiger partial charge in [-0.1, -0.05) is 29.8 Å². The average molecular weight is 388 g/mol. The molecule has 146 valence electrons. The fourth-order valence-electron chi connectivity index (χ4n) is 3.58. The van der Waals surface area contributed by atoms with E-state index in [4.69, 9.17) is 17.4 Å². The highest BCUT2D eigenvalue weighted by Crippen LogP contribution is 2.23. The Morgan fingerprint density at radius 3 is 2.56 bits per heavy atom. The van der Waals surface area contributed by atoms with Crippen LogP contribution in [0.3, 0.4) is 0 Å². The highest BCUT2D eigenvalue weighted by atomic mass is 35.5. The smallest absolute Gasteiger partial charge is 0.0748 e. The fraction of sp³-hybridized carbons (Fsp3) is 0.429. The summed E-state index contributed by atoms with van der Waals surface area (Å²) in [6, 6.07) is 16.3. The molecule has 0 aromatic heterocycles. The number of nitrogens with zero attached hydrogens (tertiary/aromatic N) is 3. The Hall–Kier alpha value is -1.95. The first-order valence-electron chi connectivity index (χ1n) is 9.69. The van der Waals surface area contributed by atoms with Gasteiger partial charge in [-0.2, -0.15) is 0 Å². The van der Waals surface area contributed by atoms with Gasteiger partial charge in [-0.05, 0) is 49.7 Å². The van der Waals surface area contributed by atoms with Crippen LogP contribution in [-0.2, 0) is 0 Å². The summed E-state index contributed by atoms with van der Waals surface area (Å²) in [6.07, 6.45) is 2.25. The Balaban J connectivity index is 1.37. The van der Waals surface area contributed by atoms with Crippen LogP contribution in [0.1, 0.15) is 12.8 Å². The third kappa shape index (κ3) is 5.51. The van der Waals surface area contributed by atoms with Crippen LogP contribution >= 0.6 is 11.6 Å². The molecule has 27 heavy (non-hydrogen) atoms. The minimum atomic E-state index is 0.807. The number of hydrogen-bond donors (Lipinski definition) is 2. The molecule has 0 atom stereocenters. The number of benzene rings is 2. The molecule has 6 heteroatoms.